The maximum Gasteiger partial charge on any atom is 0.251 e. The smallest absolute Gasteiger partial charge is 0.251 e. The molecule has 19 heavy (non-hydrogen) atoms. The highest BCUT2D eigenvalue weighted by atomic mass is 16.1. The van der Waals surface area contributed by atoms with Crippen LogP contribution in [0.15, 0.2) is 18.3 Å². The van der Waals surface area contributed by atoms with Crippen LogP contribution in [-0.4, -0.2) is 16.9 Å². The molecule has 1 heterocycles. The van der Waals surface area contributed by atoms with E-state index >= 15 is 0 Å². The van der Waals surface area contributed by atoms with E-state index in [0.29, 0.717) is 24.1 Å². The predicted octanol–water partition coefficient (Wildman–Crippen LogP) is 2.24. The molecule has 4 heteroatoms. The highest BCUT2D eigenvalue weighted by Gasteiger charge is 2.25. The van der Waals surface area contributed by atoms with Gasteiger partial charge in [0.05, 0.1) is 5.69 Å². The summed E-state index contributed by atoms with van der Waals surface area (Å²) < 4.78 is 0. The summed E-state index contributed by atoms with van der Waals surface area (Å²) in [6, 6.07) is 3.85. The predicted molar refractivity (Wildman–Crippen MR) is 75.6 cm³/mol. The second-order valence-corrected chi connectivity index (χ2v) is 5.27. The molecule has 0 spiro atoms. The van der Waals surface area contributed by atoms with Gasteiger partial charge in [-0.2, -0.15) is 0 Å². The van der Waals surface area contributed by atoms with Crippen molar-refractivity contribution in [3.05, 3.63) is 29.6 Å². The number of amides is 1. The van der Waals surface area contributed by atoms with Crippen molar-refractivity contribution in [3.63, 3.8) is 0 Å². The Balaban J connectivity index is 2.02. The summed E-state index contributed by atoms with van der Waals surface area (Å²) in [5, 5.41) is 3.18. The zero-order chi connectivity index (χ0) is 13.7. The second-order valence-electron chi connectivity index (χ2n) is 5.27. The number of hydrogen-bond donors (Lipinski definition) is 2. The van der Waals surface area contributed by atoms with E-state index in [1.807, 2.05) is 0 Å². The third kappa shape index (κ3) is 3.53. The van der Waals surface area contributed by atoms with Crippen molar-refractivity contribution in [3.8, 4) is 0 Å². The maximum absolute atomic E-state index is 12.3. The van der Waals surface area contributed by atoms with Gasteiger partial charge in [0.1, 0.15) is 0 Å². The molecule has 0 radical (unpaired) electrons. The van der Waals surface area contributed by atoms with Crippen molar-refractivity contribution in [2.75, 3.05) is 0 Å². The zero-order valence-electron chi connectivity index (χ0n) is 11.6. The number of nitrogens with two attached hydrogens (primary N) is 1. The summed E-state index contributed by atoms with van der Waals surface area (Å²) in [6.07, 6.45) is 7.61. The van der Waals surface area contributed by atoms with Crippen LogP contribution in [0.3, 0.4) is 0 Å². The minimum absolute atomic E-state index is 0.00227. The molecule has 0 saturated heterocycles. The summed E-state index contributed by atoms with van der Waals surface area (Å²) >= 11 is 0. The molecule has 4 nitrogen and oxygen atoms in total. The van der Waals surface area contributed by atoms with Gasteiger partial charge in [-0.25, -0.2) is 0 Å². The van der Waals surface area contributed by atoms with E-state index in [-0.39, 0.29) is 5.91 Å². The summed E-state index contributed by atoms with van der Waals surface area (Å²) in [7, 11) is 0. The second kappa shape index (κ2) is 6.66. The van der Waals surface area contributed by atoms with Crippen LogP contribution in [0.25, 0.3) is 0 Å². The van der Waals surface area contributed by atoms with E-state index in [1.54, 1.807) is 18.3 Å². The average molecular weight is 261 g/mol. The van der Waals surface area contributed by atoms with Gasteiger partial charge in [-0.1, -0.05) is 26.2 Å². The van der Waals surface area contributed by atoms with Gasteiger partial charge in [-0.3, -0.25) is 9.78 Å². The Kier molecular flexibility index (Phi) is 4.91. The Labute approximate surface area is 114 Å². The number of hydrogen-bond acceptors (Lipinski definition) is 3. The highest BCUT2D eigenvalue weighted by Crippen LogP contribution is 2.27. The molecule has 1 amide bonds. The van der Waals surface area contributed by atoms with Crippen molar-refractivity contribution >= 4 is 5.91 Å². The standard InChI is InChI=1S/C15H23N3O/c1-2-11-5-3-4-6-14(11)18-15(19)12-7-8-17-13(9-12)10-16/h7-9,11,14H,2-6,10,16H2,1H3,(H,18,19). The molecule has 0 aliphatic heterocycles. The maximum atomic E-state index is 12.3. The van der Waals surface area contributed by atoms with Gasteiger partial charge < -0.3 is 11.1 Å². The topological polar surface area (TPSA) is 68.0 Å². The summed E-state index contributed by atoms with van der Waals surface area (Å²) in [6.45, 7) is 2.57. The fraction of sp³-hybridized carbons (Fsp3) is 0.600. The Bertz CT molecular complexity index is 433. The molecule has 1 aliphatic carbocycles. The van der Waals surface area contributed by atoms with Crippen LogP contribution < -0.4 is 11.1 Å². The third-order valence-corrected chi connectivity index (χ3v) is 4.04. The lowest BCUT2D eigenvalue weighted by molar-refractivity contribution is 0.0904. The fourth-order valence-corrected chi connectivity index (χ4v) is 2.87. The van der Waals surface area contributed by atoms with Crippen LogP contribution in [0, 0.1) is 5.92 Å². The molecule has 104 valence electrons. The van der Waals surface area contributed by atoms with Crippen LogP contribution in [0.1, 0.15) is 55.1 Å². The van der Waals surface area contributed by atoms with Gasteiger partial charge >= 0.3 is 0 Å². The quantitative estimate of drug-likeness (QED) is 0.873. The molecule has 1 aromatic rings. The van der Waals surface area contributed by atoms with Crippen molar-refractivity contribution < 1.29 is 4.79 Å². The van der Waals surface area contributed by atoms with Crippen LogP contribution in [-0.2, 0) is 6.54 Å². The molecule has 0 aromatic carbocycles. The van der Waals surface area contributed by atoms with E-state index in [0.717, 1.165) is 18.5 Å². The minimum atomic E-state index is 0.00227. The molecule has 2 rings (SSSR count). The Morgan fingerprint density at radius 2 is 2.26 bits per heavy atom. The van der Waals surface area contributed by atoms with Crippen LogP contribution in [0.5, 0.6) is 0 Å². The first-order chi connectivity index (χ1) is 9.24. The summed E-state index contributed by atoms with van der Waals surface area (Å²) in [4.78, 5) is 16.4. The molecule has 3 N–H and O–H groups in total. The first kappa shape index (κ1) is 14.0. The zero-order valence-corrected chi connectivity index (χ0v) is 11.6. The number of rotatable bonds is 4. The molecular formula is C15H23N3O. The van der Waals surface area contributed by atoms with Crippen molar-refractivity contribution in [1.82, 2.24) is 10.3 Å². The number of aromatic nitrogens is 1. The van der Waals surface area contributed by atoms with Gasteiger partial charge in [0.2, 0.25) is 0 Å². The molecular weight excluding hydrogens is 238 g/mol. The van der Waals surface area contributed by atoms with Crippen molar-refractivity contribution in [2.24, 2.45) is 11.7 Å². The Morgan fingerprint density at radius 3 is 3.00 bits per heavy atom. The largest absolute Gasteiger partial charge is 0.349 e. The molecule has 0 bridgehead atoms. The molecule has 2 atom stereocenters. The lowest BCUT2D eigenvalue weighted by Crippen LogP contribution is -2.41. The van der Waals surface area contributed by atoms with Crippen LogP contribution in [0.2, 0.25) is 0 Å². The SMILES string of the molecule is CCC1CCCCC1NC(=O)c1ccnc(CN)c1. The molecule has 1 aliphatic rings. The van der Waals surface area contributed by atoms with Crippen LogP contribution in [0.4, 0.5) is 0 Å². The lowest BCUT2D eigenvalue weighted by Gasteiger charge is -2.31. The number of carbonyl (C=O) groups is 1. The first-order valence-corrected chi connectivity index (χ1v) is 7.20. The van der Waals surface area contributed by atoms with Crippen LogP contribution >= 0.6 is 0 Å². The minimum Gasteiger partial charge on any atom is -0.349 e. The van der Waals surface area contributed by atoms with E-state index in [2.05, 4.69) is 17.2 Å². The highest BCUT2D eigenvalue weighted by molar-refractivity contribution is 5.94. The van der Waals surface area contributed by atoms with E-state index in [4.69, 9.17) is 5.73 Å². The Hall–Kier alpha value is -1.42. The molecule has 1 aromatic heterocycles. The van der Waals surface area contributed by atoms with Gasteiger partial charge in [0, 0.05) is 24.3 Å². The number of nitrogens with one attached hydrogen (secondary N) is 1. The van der Waals surface area contributed by atoms with Gasteiger partial charge in [-0.05, 0) is 30.9 Å². The monoisotopic (exact) mass is 261 g/mol. The van der Waals surface area contributed by atoms with E-state index < -0.39 is 0 Å². The number of pyridine rings is 1. The molecule has 1 saturated carbocycles. The lowest BCUT2D eigenvalue weighted by atomic mass is 9.83. The van der Waals surface area contributed by atoms with Gasteiger partial charge in [0.15, 0.2) is 0 Å². The van der Waals surface area contributed by atoms with E-state index in [9.17, 15) is 4.79 Å². The van der Waals surface area contributed by atoms with Gasteiger partial charge in [0.25, 0.3) is 5.91 Å². The number of carbonyl (C=O) groups excluding carboxylic acids is 1. The first-order valence-electron chi connectivity index (χ1n) is 7.20. The summed E-state index contributed by atoms with van der Waals surface area (Å²) in [5.74, 6) is 0.621. The molecule has 1 fully saturated rings. The average Bonchev–Trinajstić information content (AvgIpc) is 2.47. The fourth-order valence-electron chi connectivity index (χ4n) is 2.87. The third-order valence-electron chi connectivity index (χ3n) is 4.04. The Morgan fingerprint density at radius 1 is 1.47 bits per heavy atom. The van der Waals surface area contributed by atoms with E-state index in [1.165, 1.54) is 19.3 Å². The molecule has 2 unspecified atom stereocenters. The van der Waals surface area contributed by atoms with Crippen molar-refractivity contribution in [2.45, 2.75) is 51.6 Å². The van der Waals surface area contributed by atoms with Crippen molar-refractivity contribution in [1.29, 1.82) is 0 Å². The number of nitrogens with zero attached hydrogens (tertiary/aromatic N) is 1. The summed E-state index contributed by atoms with van der Waals surface area (Å²) in [5.41, 5.74) is 6.97. The van der Waals surface area contributed by atoms with Gasteiger partial charge in [-0.15, -0.1) is 0 Å². The normalized spacial score (nSPS) is 23.1.